The van der Waals surface area contributed by atoms with Crippen molar-refractivity contribution in [2.45, 2.75) is 25.3 Å². The smallest absolute Gasteiger partial charge is 0.0705 e. The number of hydrogen-bond acceptors (Lipinski definition) is 2. The SMILES string of the molecule is CCC(N)(Cc1ccccc1)c1ccc2cccnc2c1. The van der Waals surface area contributed by atoms with Gasteiger partial charge in [-0.25, -0.2) is 0 Å². The molecular weight excluding hydrogens is 256 g/mol. The second-order valence-electron chi connectivity index (χ2n) is 5.58. The molecule has 106 valence electrons. The summed E-state index contributed by atoms with van der Waals surface area (Å²) in [4.78, 5) is 4.44. The van der Waals surface area contributed by atoms with E-state index in [4.69, 9.17) is 5.73 Å². The molecule has 2 nitrogen and oxygen atoms in total. The number of rotatable bonds is 4. The summed E-state index contributed by atoms with van der Waals surface area (Å²) in [5, 5.41) is 1.15. The summed E-state index contributed by atoms with van der Waals surface area (Å²) in [6.07, 6.45) is 3.55. The Hall–Kier alpha value is -2.19. The number of pyridine rings is 1. The molecule has 0 saturated heterocycles. The lowest BCUT2D eigenvalue weighted by Gasteiger charge is -2.29. The topological polar surface area (TPSA) is 38.9 Å². The van der Waals surface area contributed by atoms with Gasteiger partial charge in [-0.2, -0.15) is 0 Å². The maximum atomic E-state index is 6.71. The van der Waals surface area contributed by atoms with Crippen LogP contribution in [0.25, 0.3) is 10.9 Å². The van der Waals surface area contributed by atoms with Gasteiger partial charge >= 0.3 is 0 Å². The van der Waals surface area contributed by atoms with Gasteiger partial charge in [-0.3, -0.25) is 4.98 Å². The van der Waals surface area contributed by atoms with Crippen LogP contribution in [-0.4, -0.2) is 4.98 Å². The molecule has 1 unspecified atom stereocenters. The molecule has 2 N–H and O–H groups in total. The number of fused-ring (bicyclic) bond motifs is 1. The summed E-state index contributed by atoms with van der Waals surface area (Å²) >= 11 is 0. The van der Waals surface area contributed by atoms with E-state index in [0.717, 1.165) is 29.3 Å². The fourth-order valence-corrected chi connectivity index (χ4v) is 2.77. The Morgan fingerprint density at radius 1 is 1.00 bits per heavy atom. The molecule has 0 fully saturated rings. The Morgan fingerprint density at radius 2 is 1.81 bits per heavy atom. The average molecular weight is 276 g/mol. The monoisotopic (exact) mass is 276 g/mol. The Labute approximate surface area is 125 Å². The van der Waals surface area contributed by atoms with E-state index in [-0.39, 0.29) is 5.54 Å². The van der Waals surface area contributed by atoms with Gasteiger partial charge in [0, 0.05) is 17.1 Å². The number of nitrogens with two attached hydrogens (primary N) is 1. The maximum Gasteiger partial charge on any atom is 0.0705 e. The minimum absolute atomic E-state index is 0.354. The maximum absolute atomic E-state index is 6.71. The van der Waals surface area contributed by atoms with Crippen LogP contribution in [0.2, 0.25) is 0 Å². The molecule has 0 radical (unpaired) electrons. The summed E-state index contributed by atoms with van der Waals surface area (Å²) in [7, 11) is 0. The molecule has 1 heterocycles. The molecule has 0 aliphatic rings. The van der Waals surface area contributed by atoms with Crippen molar-refractivity contribution >= 4 is 10.9 Å². The van der Waals surface area contributed by atoms with E-state index in [9.17, 15) is 0 Å². The van der Waals surface area contributed by atoms with E-state index in [1.165, 1.54) is 5.56 Å². The Kier molecular flexibility index (Phi) is 3.72. The van der Waals surface area contributed by atoms with Crippen LogP contribution in [-0.2, 0) is 12.0 Å². The van der Waals surface area contributed by atoms with Gasteiger partial charge in [0.1, 0.15) is 0 Å². The predicted octanol–water partition coefficient (Wildman–Crippen LogP) is 4.04. The van der Waals surface area contributed by atoms with Crippen molar-refractivity contribution in [2.24, 2.45) is 5.73 Å². The lowest BCUT2D eigenvalue weighted by Crippen LogP contribution is -2.38. The van der Waals surface area contributed by atoms with Crippen molar-refractivity contribution < 1.29 is 0 Å². The summed E-state index contributed by atoms with van der Waals surface area (Å²) in [6.45, 7) is 2.14. The molecule has 0 saturated carbocycles. The molecule has 1 aromatic heterocycles. The molecule has 21 heavy (non-hydrogen) atoms. The third-order valence-corrected chi connectivity index (χ3v) is 4.17. The quantitative estimate of drug-likeness (QED) is 0.781. The molecule has 0 aliphatic carbocycles. The zero-order valence-electron chi connectivity index (χ0n) is 12.3. The van der Waals surface area contributed by atoms with Gasteiger partial charge in [0.15, 0.2) is 0 Å². The normalized spacial score (nSPS) is 14.0. The standard InChI is InChI=1S/C19H20N2/c1-2-19(20,14-15-7-4-3-5-8-15)17-11-10-16-9-6-12-21-18(16)13-17/h3-13H,2,14,20H2,1H3. The van der Waals surface area contributed by atoms with Crippen LogP contribution in [0.3, 0.4) is 0 Å². The zero-order chi connectivity index (χ0) is 14.7. The first-order valence-electron chi connectivity index (χ1n) is 7.39. The minimum Gasteiger partial charge on any atom is -0.321 e. The summed E-state index contributed by atoms with van der Waals surface area (Å²) in [5.41, 5.74) is 9.79. The fourth-order valence-electron chi connectivity index (χ4n) is 2.77. The lowest BCUT2D eigenvalue weighted by molar-refractivity contribution is 0.425. The third-order valence-electron chi connectivity index (χ3n) is 4.17. The van der Waals surface area contributed by atoms with Gasteiger partial charge in [0.25, 0.3) is 0 Å². The first-order chi connectivity index (χ1) is 10.2. The van der Waals surface area contributed by atoms with E-state index in [0.29, 0.717) is 0 Å². The van der Waals surface area contributed by atoms with Gasteiger partial charge < -0.3 is 5.73 Å². The van der Waals surface area contributed by atoms with E-state index in [2.05, 4.69) is 60.4 Å². The molecule has 0 aliphatic heterocycles. The second-order valence-corrected chi connectivity index (χ2v) is 5.58. The van der Waals surface area contributed by atoms with Crippen molar-refractivity contribution in [3.8, 4) is 0 Å². The number of nitrogens with zero attached hydrogens (tertiary/aromatic N) is 1. The minimum atomic E-state index is -0.354. The van der Waals surface area contributed by atoms with Gasteiger partial charge in [-0.15, -0.1) is 0 Å². The van der Waals surface area contributed by atoms with Crippen LogP contribution in [0.5, 0.6) is 0 Å². The molecule has 2 aromatic carbocycles. The Balaban J connectivity index is 2.00. The second kappa shape index (κ2) is 5.66. The molecule has 0 bridgehead atoms. The van der Waals surface area contributed by atoms with Crippen LogP contribution < -0.4 is 5.73 Å². The van der Waals surface area contributed by atoms with Crippen LogP contribution in [0.1, 0.15) is 24.5 Å². The number of hydrogen-bond donors (Lipinski definition) is 1. The highest BCUT2D eigenvalue weighted by atomic mass is 14.7. The van der Waals surface area contributed by atoms with Crippen LogP contribution in [0.15, 0.2) is 66.9 Å². The van der Waals surface area contributed by atoms with E-state index in [1.807, 2.05) is 18.3 Å². The van der Waals surface area contributed by atoms with Crippen molar-refractivity contribution in [2.75, 3.05) is 0 Å². The highest BCUT2D eigenvalue weighted by molar-refractivity contribution is 5.79. The lowest BCUT2D eigenvalue weighted by atomic mass is 9.82. The Morgan fingerprint density at radius 3 is 2.57 bits per heavy atom. The third kappa shape index (κ3) is 2.81. The van der Waals surface area contributed by atoms with E-state index >= 15 is 0 Å². The molecule has 3 rings (SSSR count). The van der Waals surface area contributed by atoms with Gasteiger partial charge in [-0.05, 0) is 36.1 Å². The van der Waals surface area contributed by atoms with Crippen LogP contribution in [0, 0.1) is 0 Å². The van der Waals surface area contributed by atoms with Gasteiger partial charge in [0.05, 0.1) is 5.52 Å². The number of benzene rings is 2. The van der Waals surface area contributed by atoms with E-state index in [1.54, 1.807) is 0 Å². The number of aromatic nitrogens is 1. The predicted molar refractivity (Wildman–Crippen MR) is 88.0 cm³/mol. The zero-order valence-corrected chi connectivity index (χ0v) is 12.3. The molecular formula is C19H20N2. The Bertz CT molecular complexity index is 737. The summed E-state index contributed by atoms with van der Waals surface area (Å²) in [5.74, 6) is 0. The summed E-state index contributed by atoms with van der Waals surface area (Å²) < 4.78 is 0. The first kappa shape index (κ1) is 13.8. The van der Waals surface area contributed by atoms with Gasteiger partial charge in [0.2, 0.25) is 0 Å². The fraction of sp³-hybridized carbons (Fsp3) is 0.211. The largest absolute Gasteiger partial charge is 0.321 e. The first-order valence-corrected chi connectivity index (χ1v) is 7.39. The highest BCUT2D eigenvalue weighted by Gasteiger charge is 2.25. The highest BCUT2D eigenvalue weighted by Crippen LogP contribution is 2.28. The van der Waals surface area contributed by atoms with Crippen molar-refractivity contribution in [3.05, 3.63) is 78.0 Å². The molecule has 3 aromatic rings. The van der Waals surface area contributed by atoms with E-state index < -0.39 is 0 Å². The van der Waals surface area contributed by atoms with Crippen LogP contribution >= 0.6 is 0 Å². The van der Waals surface area contributed by atoms with Gasteiger partial charge in [-0.1, -0.05) is 55.5 Å². The van der Waals surface area contributed by atoms with Crippen molar-refractivity contribution in [1.29, 1.82) is 0 Å². The molecule has 1 atom stereocenters. The molecule has 2 heteroatoms. The molecule has 0 amide bonds. The van der Waals surface area contributed by atoms with Crippen molar-refractivity contribution in [3.63, 3.8) is 0 Å². The average Bonchev–Trinajstić information content (AvgIpc) is 2.55. The van der Waals surface area contributed by atoms with Crippen LogP contribution in [0.4, 0.5) is 0 Å². The summed E-state index contributed by atoms with van der Waals surface area (Å²) in [6, 6.07) is 20.8. The molecule has 0 spiro atoms. The van der Waals surface area contributed by atoms with Crippen molar-refractivity contribution in [1.82, 2.24) is 4.98 Å².